The van der Waals surface area contributed by atoms with E-state index < -0.39 is 0 Å². The van der Waals surface area contributed by atoms with Gasteiger partial charge >= 0.3 is 0 Å². The highest BCUT2D eigenvalue weighted by Crippen LogP contribution is 2.51. The number of guanidine groups is 1. The van der Waals surface area contributed by atoms with Gasteiger partial charge in [-0.2, -0.15) is 0 Å². The quantitative estimate of drug-likeness (QED) is 0.373. The van der Waals surface area contributed by atoms with Crippen LogP contribution in [0.4, 0.5) is 0 Å². The number of nitrogens with one attached hydrogen (secondary N) is 2. The Labute approximate surface area is 168 Å². The number of carbonyl (C=O) groups excluding carboxylic acids is 1. The Morgan fingerprint density at radius 1 is 1.40 bits per heavy atom. The van der Waals surface area contributed by atoms with E-state index in [1.807, 2.05) is 7.05 Å². The van der Waals surface area contributed by atoms with E-state index in [9.17, 15) is 4.79 Å². The highest BCUT2D eigenvalue weighted by molar-refractivity contribution is 14.0. The SMILES string of the molecule is CN=C(NC1CC(C)(OC)C1(C)C)N1CCCC2(CNC(=O)C2)C1.I. The van der Waals surface area contributed by atoms with E-state index in [0.29, 0.717) is 12.5 Å². The molecule has 0 aromatic carbocycles. The van der Waals surface area contributed by atoms with Gasteiger partial charge in [0.15, 0.2) is 5.96 Å². The van der Waals surface area contributed by atoms with Crippen LogP contribution >= 0.6 is 24.0 Å². The molecular weight excluding hydrogens is 431 g/mol. The fraction of sp³-hybridized carbons (Fsp3) is 0.889. The number of hydrogen-bond donors (Lipinski definition) is 2. The fourth-order valence-corrected chi connectivity index (χ4v) is 4.61. The van der Waals surface area contributed by atoms with Crippen molar-refractivity contribution in [2.75, 3.05) is 33.8 Å². The van der Waals surface area contributed by atoms with Crippen molar-refractivity contribution in [1.82, 2.24) is 15.5 Å². The summed E-state index contributed by atoms with van der Waals surface area (Å²) in [4.78, 5) is 18.6. The molecule has 3 atom stereocenters. The molecule has 3 fully saturated rings. The second-order valence-electron chi connectivity index (χ2n) is 8.58. The van der Waals surface area contributed by atoms with Crippen LogP contribution in [0, 0.1) is 10.8 Å². The summed E-state index contributed by atoms with van der Waals surface area (Å²) in [6, 6.07) is 0.349. The molecule has 1 aliphatic carbocycles. The molecule has 0 radical (unpaired) electrons. The molecule has 2 heterocycles. The molecule has 0 aromatic rings. The zero-order valence-electron chi connectivity index (χ0n) is 16.1. The lowest BCUT2D eigenvalue weighted by atomic mass is 9.56. The van der Waals surface area contributed by atoms with Gasteiger partial charge in [0.25, 0.3) is 0 Å². The number of hydrogen-bond acceptors (Lipinski definition) is 3. The van der Waals surface area contributed by atoms with E-state index in [1.165, 1.54) is 0 Å². The van der Waals surface area contributed by atoms with E-state index in [0.717, 1.165) is 44.9 Å². The Bertz CT molecular complexity index is 553. The van der Waals surface area contributed by atoms with Crippen LogP contribution in [0.15, 0.2) is 4.99 Å². The minimum absolute atomic E-state index is 0. The third-order valence-electron chi connectivity index (χ3n) is 6.95. The van der Waals surface area contributed by atoms with Gasteiger partial charge in [-0.15, -0.1) is 24.0 Å². The van der Waals surface area contributed by atoms with Gasteiger partial charge < -0.3 is 20.3 Å². The third kappa shape index (κ3) is 3.50. The predicted octanol–water partition coefficient (Wildman–Crippen LogP) is 1.99. The lowest BCUT2D eigenvalue weighted by Crippen LogP contribution is -2.70. The fourth-order valence-electron chi connectivity index (χ4n) is 4.61. The van der Waals surface area contributed by atoms with Crippen molar-refractivity contribution in [2.45, 2.75) is 58.1 Å². The summed E-state index contributed by atoms with van der Waals surface area (Å²) in [5, 5.41) is 6.67. The molecule has 25 heavy (non-hydrogen) atoms. The van der Waals surface area contributed by atoms with Crippen LogP contribution in [0.3, 0.4) is 0 Å². The molecule has 2 saturated heterocycles. The van der Waals surface area contributed by atoms with Gasteiger partial charge in [-0.1, -0.05) is 13.8 Å². The number of rotatable bonds is 2. The highest BCUT2D eigenvalue weighted by Gasteiger charge is 2.58. The maximum absolute atomic E-state index is 11.7. The lowest BCUT2D eigenvalue weighted by Gasteiger charge is -2.59. The second kappa shape index (κ2) is 7.21. The molecule has 3 unspecified atom stereocenters. The first-order valence-electron chi connectivity index (χ1n) is 9.05. The first kappa shape index (κ1) is 20.7. The van der Waals surface area contributed by atoms with Gasteiger partial charge in [-0.3, -0.25) is 9.79 Å². The number of methoxy groups -OCH3 is 1. The molecule has 2 aliphatic heterocycles. The molecule has 2 N–H and O–H groups in total. The average Bonchev–Trinajstić information content (AvgIpc) is 2.90. The largest absolute Gasteiger partial charge is 0.378 e. The van der Waals surface area contributed by atoms with Crippen LogP contribution in [0.5, 0.6) is 0 Å². The molecule has 3 aliphatic rings. The molecule has 1 amide bonds. The number of halogens is 1. The van der Waals surface area contributed by atoms with Crippen molar-refractivity contribution >= 4 is 35.8 Å². The van der Waals surface area contributed by atoms with Gasteiger partial charge in [-0.25, -0.2) is 0 Å². The van der Waals surface area contributed by atoms with Crippen molar-refractivity contribution in [3.8, 4) is 0 Å². The molecule has 0 aromatic heterocycles. The molecule has 144 valence electrons. The second-order valence-corrected chi connectivity index (χ2v) is 8.58. The number of nitrogens with zero attached hydrogens (tertiary/aromatic N) is 2. The van der Waals surface area contributed by atoms with Crippen LogP contribution in [0.1, 0.15) is 46.5 Å². The van der Waals surface area contributed by atoms with Crippen molar-refractivity contribution < 1.29 is 9.53 Å². The monoisotopic (exact) mass is 464 g/mol. The molecule has 1 saturated carbocycles. The summed E-state index contributed by atoms with van der Waals surface area (Å²) in [5.74, 6) is 1.15. The zero-order chi connectivity index (χ0) is 17.6. The maximum atomic E-state index is 11.7. The third-order valence-corrected chi connectivity index (χ3v) is 6.95. The van der Waals surface area contributed by atoms with Gasteiger partial charge in [0.2, 0.25) is 5.91 Å². The number of likely N-dealkylation sites (tertiary alicyclic amines) is 1. The molecule has 7 heteroatoms. The summed E-state index contributed by atoms with van der Waals surface area (Å²) in [7, 11) is 3.65. The molecule has 3 rings (SSSR count). The Morgan fingerprint density at radius 2 is 2.12 bits per heavy atom. The minimum Gasteiger partial charge on any atom is -0.378 e. The smallest absolute Gasteiger partial charge is 0.220 e. The predicted molar refractivity (Wildman–Crippen MR) is 110 cm³/mol. The Hall–Kier alpha value is -0.570. The van der Waals surface area contributed by atoms with Crippen LogP contribution < -0.4 is 10.6 Å². The minimum atomic E-state index is -0.0889. The van der Waals surface area contributed by atoms with Gasteiger partial charge in [0.05, 0.1) is 5.60 Å². The first-order valence-corrected chi connectivity index (χ1v) is 9.05. The summed E-state index contributed by atoms with van der Waals surface area (Å²) in [6.07, 6.45) is 3.86. The van der Waals surface area contributed by atoms with Crippen LogP contribution in [0.2, 0.25) is 0 Å². The summed E-state index contributed by atoms with van der Waals surface area (Å²) >= 11 is 0. The van der Waals surface area contributed by atoms with Crippen molar-refractivity contribution in [3.05, 3.63) is 0 Å². The summed E-state index contributed by atoms with van der Waals surface area (Å²) < 4.78 is 5.73. The number of amides is 1. The molecule has 6 nitrogen and oxygen atoms in total. The lowest BCUT2D eigenvalue weighted by molar-refractivity contribution is -0.177. The summed E-state index contributed by atoms with van der Waals surface area (Å²) in [5.41, 5.74) is 0.0492. The van der Waals surface area contributed by atoms with E-state index in [4.69, 9.17) is 4.74 Å². The topological polar surface area (TPSA) is 66.0 Å². The van der Waals surface area contributed by atoms with Crippen molar-refractivity contribution in [1.29, 1.82) is 0 Å². The van der Waals surface area contributed by atoms with E-state index in [2.05, 4.69) is 41.3 Å². The number of carbonyl (C=O) groups is 1. The van der Waals surface area contributed by atoms with E-state index in [1.54, 1.807) is 7.11 Å². The Kier molecular flexibility index (Phi) is 5.98. The van der Waals surface area contributed by atoms with Crippen molar-refractivity contribution in [2.24, 2.45) is 15.8 Å². The van der Waals surface area contributed by atoms with Crippen LogP contribution in [0.25, 0.3) is 0 Å². The van der Waals surface area contributed by atoms with Crippen molar-refractivity contribution in [3.63, 3.8) is 0 Å². The molecular formula is C18H33IN4O2. The highest BCUT2D eigenvalue weighted by atomic mass is 127. The van der Waals surface area contributed by atoms with Crippen LogP contribution in [-0.2, 0) is 9.53 Å². The van der Waals surface area contributed by atoms with Gasteiger partial charge in [-0.05, 0) is 26.2 Å². The van der Waals surface area contributed by atoms with E-state index in [-0.39, 0.29) is 46.3 Å². The standard InChI is InChI=1S/C18H32N4O2.HI/c1-16(2)13(9-17(16,3)24-5)21-15(19-4)22-8-6-7-18(12-22)10-14(23)20-11-18;/h13H,6-12H2,1-5H3,(H,19,21)(H,20,23);1H. The zero-order valence-corrected chi connectivity index (χ0v) is 18.5. The Balaban J connectivity index is 0.00000225. The number of aliphatic imine (C=N–C) groups is 1. The van der Waals surface area contributed by atoms with Gasteiger partial charge in [0.1, 0.15) is 0 Å². The van der Waals surface area contributed by atoms with Crippen LogP contribution in [-0.4, -0.2) is 62.2 Å². The molecule has 0 bridgehead atoms. The molecule has 1 spiro atoms. The van der Waals surface area contributed by atoms with E-state index >= 15 is 0 Å². The number of piperidine rings is 1. The maximum Gasteiger partial charge on any atom is 0.220 e. The Morgan fingerprint density at radius 3 is 2.64 bits per heavy atom. The average molecular weight is 464 g/mol. The van der Waals surface area contributed by atoms with Gasteiger partial charge in [0, 0.05) is 57.1 Å². The normalized spacial score (nSPS) is 37.3. The summed E-state index contributed by atoms with van der Waals surface area (Å²) in [6.45, 7) is 9.39. The first-order chi connectivity index (χ1) is 11.3. The number of ether oxygens (including phenoxy) is 1.